The van der Waals surface area contributed by atoms with E-state index in [4.69, 9.17) is 4.74 Å². The normalized spacial score (nSPS) is 24.6. The number of carbonyl (C=O) groups is 2. The molecule has 0 radical (unpaired) electrons. The van der Waals surface area contributed by atoms with E-state index in [0.717, 1.165) is 12.0 Å². The van der Waals surface area contributed by atoms with Gasteiger partial charge in [0.15, 0.2) is 0 Å². The van der Waals surface area contributed by atoms with Crippen LogP contribution in [-0.4, -0.2) is 22.8 Å². The van der Waals surface area contributed by atoms with E-state index in [2.05, 4.69) is 0 Å². The topological polar surface area (TPSA) is 46.6 Å². The molecule has 2 heterocycles. The number of β-lactam (4-membered cyclic amide) rings is 1. The van der Waals surface area contributed by atoms with Crippen molar-refractivity contribution < 1.29 is 14.3 Å². The Kier molecular flexibility index (Phi) is 2.85. The van der Waals surface area contributed by atoms with Gasteiger partial charge in [0.2, 0.25) is 5.91 Å². The van der Waals surface area contributed by atoms with Crippen LogP contribution in [0.25, 0.3) is 0 Å². The van der Waals surface area contributed by atoms with Gasteiger partial charge in [0.25, 0.3) is 0 Å². The van der Waals surface area contributed by atoms with Crippen LogP contribution in [0, 0.1) is 5.92 Å². The second kappa shape index (κ2) is 4.53. The summed E-state index contributed by atoms with van der Waals surface area (Å²) in [5, 5.41) is 0. The van der Waals surface area contributed by atoms with Crippen LogP contribution in [0.3, 0.4) is 0 Å². The van der Waals surface area contributed by atoms with Gasteiger partial charge in [-0.05, 0) is 12.0 Å². The van der Waals surface area contributed by atoms with Crippen LogP contribution in [0.1, 0.15) is 18.9 Å². The van der Waals surface area contributed by atoms with Crippen molar-refractivity contribution in [3.8, 4) is 0 Å². The van der Waals surface area contributed by atoms with Crippen LogP contribution in [0.5, 0.6) is 0 Å². The predicted molar refractivity (Wildman–Crippen MR) is 68.7 cm³/mol. The Hall–Kier alpha value is -2.10. The van der Waals surface area contributed by atoms with Crippen LogP contribution in [-0.2, 0) is 20.9 Å². The highest BCUT2D eigenvalue weighted by molar-refractivity contribution is 5.99. The number of amides is 1. The van der Waals surface area contributed by atoms with Crippen molar-refractivity contribution in [2.45, 2.75) is 26.0 Å². The van der Waals surface area contributed by atoms with Gasteiger partial charge >= 0.3 is 5.97 Å². The van der Waals surface area contributed by atoms with E-state index < -0.39 is 5.97 Å². The number of esters is 1. The summed E-state index contributed by atoms with van der Waals surface area (Å²) in [4.78, 5) is 25.3. The van der Waals surface area contributed by atoms with Crippen molar-refractivity contribution in [2.75, 3.05) is 0 Å². The average molecular weight is 257 g/mol. The molecule has 1 saturated heterocycles. The minimum absolute atomic E-state index is 0.0189. The Labute approximate surface area is 111 Å². The Balaban J connectivity index is 1.62. The third kappa shape index (κ3) is 1.93. The van der Waals surface area contributed by atoms with Gasteiger partial charge in [0.1, 0.15) is 12.3 Å². The van der Waals surface area contributed by atoms with Crippen LogP contribution >= 0.6 is 0 Å². The van der Waals surface area contributed by atoms with Gasteiger partial charge in [0, 0.05) is 0 Å². The third-order valence-corrected chi connectivity index (χ3v) is 3.77. The number of hydrogen-bond donors (Lipinski definition) is 0. The average Bonchev–Trinajstić information content (AvgIpc) is 2.86. The first-order valence-corrected chi connectivity index (χ1v) is 6.43. The summed E-state index contributed by atoms with van der Waals surface area (Å²) in [6.45, 7) is 2.13. The number of fused-ring (bicyclic) bond motifs is 1. The van der Waals surface area contributed by atoms with Crippen LogP contribution in [0.2, 0.25) is 0 Å². The molecule has 19 heavy (non-hydrogen) atoms. The third-order valence-electron chi connectivity index (χ3n) is 3.77. The smallest absolute Gasteiger partial charge is 0.355 e. The quantitative estimate of drug-likeness (QED) is 0.613. The highest BCUT2D eigenvalue weighted by Crippen LogP contribution is 2.38. The molecule has 1 aromatic carbocycles. The maximum Gasteiger partial charge on any atom is 0.355 e. The molecule has 4 nitrogen and oxygen atoms in total. The highest BCUT2D eigenvalue weighted by Gasteiger charge is 2.50. The molecule has 1 aromatic rings. The zero-order valence-corrected chi connectivity index (χ0v) is 10.7. The maximum atomic E-state index is 12.0. The summed E-state index contributed by atoms with van der Waals surface area (Å²) in [6, 6.07) is 9.66. The monoisotopic (exact) mass is 257 g/mol. The Bertz CT molecular complexity index is 550. The number of benzene rings is 1. The van der Waals surface area contributed by atoms with Crippen molar-refractivity contribution in [2.24, 2.45) is 5.92 Å². The summed E-state index contributed by atoms with van der Waals surface area (Å²) >= 11 is 0. The molecule has 2 aliphatic heterocycles. The van der Waals surface area contributed by atoms with Crippen LogP contribution < -0.4 is 0 Å². The van der Waals surface area contributed by atoms with Crippen molar-refractivity contribution in [1.29, 1.82) is 0 Å². The van der Waals surface area contributed by atoms with Crippen molar-refractivity contribution >= 4 is 11.9 Å². The molecule has 2 unspecified atom stereocenters. The Morgan fingerprint density at radius 3 is 2.84 bits per heavy atom. The van der Waals surface area contributed by atoms with Crippen LogP contribution in [0.4, 0.5) is 0 Å². The lowest BCUT2D eigenvalue weighted by Crippen LogP contribution is -2.57. The largest absolute Gasteiger partial charge is 0.456 e. The fourth-order valence-electron chi connectivity index (χ4n) is 2.61. The van der Waals surface area contributed by atoms with E-state index in [1.54, 1.807) is 11.0 Å². The first kappa shape index (κ1) is 12.0. The zero-order valence-electron chi connectivity index (χ0n) is 10.7. The second-order valence-corrected chi connectivity index (χ2v) is 4.95. The molecule has 0 aromatic heterocycles. The van der Waals surface area contributed by atoms with Crippen molar-refractivity contribution in [3.63, 3.8) is 0 Å². The summed E-state index contributed by atoms with van der Waals surface area (Å²) in [5.41, 5.74) is 1.35. The molecule has 98 valence electrons. The van der Waals surface area contributed by atoms with Gasteiger partial charge in [-0.2, -0.15) is 0 Å². The number of nitrogens with zero attached hydrogens (tertiary/aromatic N) is 1. The molecule has 3 rings (SSSR count). The zero-order chi connectivity index (χ0) is 13.4. The van der Waals surface area contributed by atoms with E-state index in [9.17, 15) is 9.59 Å². The second-order valence-electron chi connectivity index (χ2n) is 4.95. The molecule has 1 amide bonds. The van der Waals surface area contributed by atoms with Gasteiger partial charge in [0.05, 0.1) is 12.0 Å². The summed E-state index contributed by atoms with van der Waals surface area (Å²) < 4.78 is 5.25. The number of hydrogen-bond acceptors (Lipinski definition) is 3. The molecule has 0 aliphatic carbocycles. The van der Waals surface area contributed by atoms with E-state index in [-0.39, 0.29) is 24.5 Å². The SMILES string of the molecule is CC1C(=O)N2C(C(=O)OCc3ccccc3)=CCC12. The first-order valence-electron chi connectivity index (χ1n) is 6.43. The number of ether oxygens (including phenoxy) is 1. The van der Waals surface area contributed by atoms with Gasteiger partial charge in [-0.25, -0.2) is 4.79 Å². The molecule has 2 aliphatic rings. The Morgan fingerprint density at radius 2 is 2.11 bits per heavy atom. The van der Waals surface area contributed by atoms with Crippen molar-refractivity contribution in [1.82, 2.24) is 4.90 Å². The molecular formula is C15H15NO3. The van der Waals surface area contributed by atoms with Gasteiger partial charge < -0.3 is 9.64 Å². The van der Waals surface area contributed by atoms with E-state index in [1.807, 2.05) is 37.3 Å². The number of rotatable bonds is 3. The predicted octanol–water partition coefficient (Wildman–Crippen LogP) is 1.86. The fraction of sp³-hybridized carbons (Fsp3) is 0.333. The van der Waals surface area contributed by atoms with E-state index in [1.165, 1.54) is 0 Å². The standard InChI is InChI=1S/C15H15NO3/c1-10-12-7-8-13(16(12)14(10)17)15(18)19-9-11-5-3-2-4-6-11/h2-6,8,10,12H,7,9H2,1H3. The lowest BCUT2D eigenvalue weighted by molar-refractivity contribution is -0.156. The minimum Gasteiger partial charge on any atom is -0.456 e. The van der Waals surface area contributed by atoms with Crippen LogP contribution in [0.15, 0.2) is 42.1 Å². The van der Waals surface area contributed by atoms with Gasteiger partial charge in [-0.15, -0.1) is 0 Å². The van der Waals surface area contributed by atoms with Gasteiger partial charge in [-0.3, -0.25) is 4.79 Å². The molecule has 0 spiro atoms. The molecule has 2 atom stereocenters. The lowest BCUT2D eigenvalue weighted by Gasteiger charge is -2.41. The molecule has 0 saturated carbocycles. The Morgan fingerprint density at radius 1 is 1.37 bits per heavy atom. The maximum absolute atomic E-state index is 12.0. The lowest BCUT2D eigenvalue weighted by atomic mass is 9.89. The van der Waals surface area contributed by atoms with Gasteiger partial charge in [-0.1, -0.05) is 43.3 Å². The summed E-state index contributed by atoms with van der Waals surface area (Å²) in [6.07, 6.45) is 2.56. The minimum atomic E-state index is -0.411. The highest BCUT2D eigenvalue weighted by atomic mass is 16.5. The number of carbonyl (C=O) groups excluding carboxylic acids is 2. The van der Waals surface area contributed by atoms with E-state index >= 15 is 0 Å². The molecule has 0 bridgehead atoms. The molecular weight excluding hydrogens is 242 g/mol. The molecule has 1 fully saturated rings. The summed E-state index contributed by atoms with van der Waals surface area (Å²) in [5.74, 6) is -0.368. The fourth-order valence-corrected chi connectivity index (χ4v) is 2.61. The first-order chi connectivity index (χ1) is 9.18. The molecule has 0 N–H and O–H groups in total. The van der Waals surface area contributed by atoms with E-state index in [0.29, 0.717) is 5.70 Å². The molecule has 4 heteroatoms. The summed E-state index contributed by atoms with van der Waals surface area (Å²) in [7, 11) is 0. The van der Waals surface area contributed by atoms with Crippen molar-refractivity contribution in [3.05, 3.63) is 47.7 Å².